The molecule has 1 atom stereocenters. The Morgan fingerprint density at radius 3 is 2.47 bits per heavy atom. The van der Waals surface area contributed by atoms with Gasteiger partial charge in [0.2, 0.25) is 0 Å². The molecule has 8 heteroatoms. The van der Waals surface area contributed by atoms with E-state index in [-0.39, 0.29) is 12.6 Å². The van der Waals surface area contributed by atoms with Gasteiger partial charge in [0, 0.05) is 19.6 Å². The van der Waals surface area contributed by atoms with Crippen LogP contribution in [0.2, 0.25) is 0 Å². The van der Waals surface area contributed by atoms with Crippen LogP contribution in [0.1, 0.15) is 27.2 Å². The van der Waals surface area contributed by atoms with Crippen molar-refractivity contribution < 1.29 is 22.5 Å². The summed E-state index contributed by atoms with van der Waals surface area (Å²) in [5, 5.41) is 0. The second kappa shape index (κ2) is 5.60. The van der Waals surface area contributed by atoms with Crippen LogP contribution in [0, 0.1) is 0 Å². The number of likely N-dealkylation sites (tertiary alicyclic amines) is 1. The molecule has 1 aliphatic heterocycles. The molecule has 0 spiro atoms. The molecule has 0 aromatic carbocycles. The van der Waals surface area contributed by atoms with Gasteiger partial charge in [0.1, 0.15) is 5.60 Å². The van der Waals surface area contributed by atoms with Gasteiger partial charge >= 0.3 is 13.1 Å². The third-order valence-electron chi connectivity index (χ3n) is 2.94. The van der Waals surface area contributed by atoms with Gasteiger partial charge in [0.05, 0.1) is 0 Å². The van der Waals surface area contributed by atoms with E-state index in [4.69, 9.17) is 4.74 Å². The van der Waals surface area contributed by atoms with E-state index in [0.717, 1.165) is 0 Å². The SMILES string of the molecule is CN(C(=O)OC(C)(C)C)[C@@H]1CCN(C[B-](F)(F)F)C1. The Morgan fingerprint density at radius 1 is 1.42 bits per heavy atom. The van der Waals surface area contributed by atoms with Crippen molar-refractivity contribution in [2.45, 2.75) is 38.8 Å². The summed E-state index contributed by atoms with van der Waals surface area (Å²) < 4.78 is 42.2. The van der Waals surface area contributed by atoms with Gasteiger partial charge in [0.25, 0.3) is 0 Å². The predicted octanol–water partition coefficient (Wildman–Crippen LogP) is 2.31. The van der Waals surface area contributed by atoms with E-state index in [9.17, 15) is 17.7 Å². The number of carbonyl (C=O) groups is 1. The molecule has 1 amide bonds. The molecule has 0 radical (unpaired) electrons. The van der Waals surface area contributed by atoms with Crippen LogP contribution in [0.25, 0.3) is 0 Å². The van der Waals surface area contributed by atoms with Gasteiger partial charge in [0.15, 0.2) is 0 Å². The smallest absolute Gasteiger partial charge is 0.448 e. The summed E-state index contributed by atoms with van der Waals surface area (Å²) >= 11 is 0. The first-order chi connectivity index (χ1) is 8.48. The van der Waals surface area contributed by atoms with Gasteiger partial charge in [-0.2, -0.15) is 0 Å². The second-order valence-electron chi connectivity index (χ2n) is 6.00. The van der Waals surface area contributed by atoms with Crippen molar-refractivity contribution in [2.24, 2.45) is 0 Å². The van der Waals surface area contributed by atoms with Gasteiger partial charge in [-0.25, -0.2) is 4.79 Å². The van der Waals surface area contributed by atoms with Crippen LogP contribution in [0.15, 0.2) is 0 Å². The molecule has 0 unspecified atom stereocenters. The minimum atomic E-state index is -4.81. The third-order valence-corrected chi connectivity index (χ3v) is 2.94. The van der Waals surface area contributed by atoms with Crippen LogP contribution < -0.4 is 0 Å². The second-order valence-corrected chi connectivity index (χ2v) is 6.00. The fraction of sp³-hybridized carbons (Fsp3) is 0.909. The molecule has 1 fully saturated rings. The molecule has 0 saturated carbocycles. The van der Waals surface area contributed by atoms with Gasteiger partial charge in [-0.05, 0) is 40.2 Å². The van der Waals surface area contributed by atoms with E-state index >= 15 is 0 Å². The van der Waals surface area contributed by atoms with Gasteiger partial charge in [-0.1, -0.05) is 0 Å². The third kappa shape index (κ3) is 5.71. The molecule has 112 valence electrons. The average molecular weight is 281 g/mol. The van der Waals surface area contributed by atoms with E-state index < -0.39 is 25.1 Å². The van der Waals surface area contributed by atoms with Crippen LogP contribution >= 0.6 is 0 Å². The van der Waals surface area contributed by atoms with Crippen molar-refractivity contribution in [3.63, 3.8) is 0 Å². The highest BCUT2D eigenvalue weighted by atomic mass is 19.4. The topological polar surface area (TPSA) is 32.8 Å². The zero-order chi connectivity index (χ0) is 14.8. The van der Waals surface area contributed by atoms with Crippen molar-refractivity contribution in [1.29, 1.82) is 0 Å². The maximum Gasteiger partial charge on any atom is 0.492 e. The number of likely N-dealkylation sites (N-methyl/N-ethyl adjacent to an activating group) is 1. The fourth-order valence-electron chi connectivity index (χ4n) is 2.07. The molecule has 1 aliphatic rings. The van der Waals surface area contributed by atoms with E-state index in [0.29, 0.717) is 13.0 Å². The number of hydrogen-bond donors (Lipinski definition) is 0. The first kappa shape index (κ1) is 16.1. The first-order valence-electron chi connectivity index (χ1n) is 6.37. The number of nitrogens with zero attached hydrogens (tertiary/aromatic N) is 2. The highest BCUT2D eigenvalue weighted by Crippen LogP contribution is 2.20. The molecule has 0 aliphatic carbocycles. The quantitative estimate of drug-likeness (QED) is 0.744. The van der Waals surface area contributed by atoms with Crippen LogP contribution in [-0.4, -0.2) is 61.1 Å². The largest absolute Gasteiger partial charge is 0.492 e. The zero-order valence-corrected chi connectivity index (χ0v) is 11.8. The lowest BCUT2D eigenvalue weighted by atomic mass is 9.91. The fourth-order valence-corrected chi connectivity index (χ4v) is 2.07. The highest BCUT2D eigenvalue weighted by molar-refractivity contribution is 6.58. The van der Waals surface area contributed by atoms with Crippen molar-refractivity contribution >= 4 is 13.1 Å². The lowest BCUT2D eigenvalue weighted by Gasteiger charge is -2.29. The summed E-state index contributed by atoms with van der Waals surface area (Å²) in [4.78, 5) is 14.5. The lowest BCUT2D eigenvalue weighted by molar-refractivity contribution is 0.0229. The standard InChI is InChI=1S/C11H21BF3N2O2/c1-11(2,3)19-10(18)16(4)9-5-6-17(7-9)8-12(13,14)15/h9H,5-8H2,1-4H3/q-1/t9-/m1/s1. The van der Waals surface area contributed by atoms with Gasteiger partial charge in [-0.3, -0.25) is 0 Å². The van der Waals surface area contributed by atoms with Crippen molar-refractivity contribution in [3.8, 4) is 0 Å². The lowest BCUT2D eigenvalue weighted by Crippen LogP contribution is -2.43. The molecule has 0 N–H and O–H groups in total. The van der Waals surface area contributed by atoms with E-state index in [2.05, 4.69) is 0 Å². The first-order valence-corrected chi connectivity index (χ1v) is 6.37. The van der Waals surface area contributed by atoms with Crippen LogP contribution in [-0.2, 0) is 4.74 Å². The monoisotopic (exact) mass is 281 g/mol. The number of hydrogen-bond acceptors (Lipinski definition) is 3. The molecular weight excluding hydrogens is 260 g/mol. The highest BCUT2D eigenvalue weighted by Gasteiger charge is 2.34. The summed E-state index contributed by atoms with van der Waals surface area (Å²) in [6, 6.07) is -0.215. The molecule has 0 aromatic heterocycles. The summed E-state index contributed by atoms with van der Waals surface area (Å²) in [5.74, 6) is 0. The van der Waals surface area contributed by atoms with Crippen molar-refractivity contribution in [1.82, 2.24) is 9.80 Å². The Kier molecular flexibility index (Phi) is 4.76. The maximum atomic E-state index is 12.3. The molecular formula is C11H21BF3N2O2-. The Labute approximate surface area is 111 Å². The molecule has 1 heterocycles. The molecule has 4 nitrogen and oxygen atoms in total. The number of halogens is 3. The molecule has 19 heavy (non-hydrogen) atoms. The maximum absolute atomic E-state index is 12.3. The van der Waals surface area contributed by atoms with E-state index in [1.54, 1.807) is 27.8 Å². The minimum absolute atomic E-state index is 0.215. The molecule has 0 bridgehead atoms. The average Bonchev–Trinajstić information content (AvgIpc) is 2.59. The predicted molar refractivity (Wildman–Crippen MR) is 67.9 cm³/mol. The molecule has 0 aromatic rings. The molecule has 1 rings (SSSR count). The Bertz CT molecular complexity index is 331. The Morgan fingerprint density at radius 2 is 2.00 bits per heavy atom. The van der Waals surface area contributed by atoms with E-state index in [1.165, 1.54) is 9.80 Å². The van der Waals surface area contributed by atoms with Crippen LogP contribution in [0.3, 0.4) is 0 Å². The van der Waals surface area contributed by atoms with E-state index in [1.807, 2.05) is 0 Å². The number of ether oxygens (including phenoxy) is 1. The summed E-state index contributed by atoms with van der Waals surface area (Å²) in [6.07, 6.45) is -0.808. The number of rotatable bonds is 3. The van der Waals surface area contributed by atoms with Crippen LogP contribution in [0.4, 0.5) is 17.7 Å². The normalized spacial score (nSPS) is 21.5. The summed E-state index contributed by atoms with van der Waals surface area (Å²) in [6.45, 7) is 1.07. The summed E-state index contributed by atoms with van der Waals surface area (Å²) in [7, 11) is 1.57. The van der Waals surface area contributed by atoms with Gasteiger partial charge < -0.3 is 27.5 Å². The molecule has 1 saturated heterocycles. The summed E-state index contributed by atoms with van der Waals surface area (Å²) in [5.41, 5.74) is -0.598. The van der Waals surface area contributed by atoms with Crippen molar-refractivity contribution in [3.05, 3.63) is 0 Å². The minimum Gasteiger partial charge on any atom is -0.448 e. The van der Waals surface area contributed by atoms with Gasteiger partial charge in [-0.15, -0.1) is 0 Å². The van der Waals surface area contributed by atoms with Crippen molar-refractivity contribution in [2.75, 3.05) is 26.6 Å². The zero-order valence-electron chi connectivity index (χ0n) is 11.8. The number of carbonyl (C=O) groups excluding carboxylic acids is 1. The Balaban J connectivity index is 2.48. The Hall–Kier alpha value is -0.915. The number of amides is 1. The van der Waals surface area contributed by atoms with Crippen LogP contribution in [0.5, 0.6) is 0 Å².